The number of halogens is 1. The maximum absolute atomic E-state index is 4.33. The molecule has 1 heterocycles. The van der Waals surface area contributed by atoms with Crippen LogP contribution in [0, 0.1) is 5.92 Å². The lowest BCUT2D eigenvalue weighted by Gasteiger charge is -2.27. The summed E-state index contributed by atoms with van der Waals surface area (Å²) in [6.07, 6.45) is 4.54. The molecule has 0 spiro atoms. The van der Waals surface area contributed by atoms with E-state index in [1.807, 2.05) is 10.3 Å². The van der Waals surface area contributed by atoms with E-state index in [1.165, 1.54) is 0 Å². The molecule has 0 saturated carbocycles. The molecular weight excluding hydrogens is 230 g/mol. The smallest absolute Gasteiger partial charge is 0.130 e. The molecule has 0 radical (unpaired) electrons. The van der Waals surface area contributed by atoms with Gasteiger partial charge in [-0.25, -0.2) is 0 Å². The van der Waals surface area contributed by atoms with Crippen LogP contribution in [0.1, 0.15) is 33.6 Å². The van der Waals surface area contributed by atoms with Crippen molar-refractivity contribution in [1.29, 1.82) is 0 Å². The van der Waals surface area contributed by atoms with Crippen molar-refractivity contribution in [2.24, 2.45) is 11.0 Å². The predicted octanol–water partition coefficient (Wildman–Crippen LogP) is 2.64. The van der Waals surface area contributed by atoms with Crippen LogP contribution in [0.3, 0.4) is 0 Å². The van der Waals surface area contributed by atoms with Gasteiger partial charge < -0.3 is 0 Å². The van der Waals surface area contributed by atoms with E-state index in [4.69, 9.17) is 0 Å². The van der Waals surface area contributed by atoms with E-state index >= 15 is 0 Å². The molecule has 0 bridgehead atoms. The van der Waals surface area contributed by atoms with Gasteiger partial charge in [-0.2, -0.15) is 5.10 Å². The molecular formula is C9H18BrN3. The Kier molecular flexibility index (Phi) is 4.03. The number of nitrogens with zero attached hydrogens (tertiary/aromatic N) is 3. The summed E-state index contributed by atoms with van der Waals surface area (Å²) in [6.45, 7) is 7.70. The van der Waals surface area contributed by atoms with Crippen LogP contribution in [0.5, 0.6) is 0 Å². The summed E-state index contributed by atoms with van der Waals surface area (Å²) in [4.78, 5) is 0. The van der Waals surface area contributed by atoms with E-state index in [1.54, 1.807) is 0 Å². The Labute approximate surface area is 89.1 Å². The molecule has 0 N–H and O–H groups in total. The second-order valence-corrected chi connectivity index (χ2v) is 4.67. The zero-order valence-corrected chi connectivity index (χ0v) is 10.2. The molecule has 0 fully saturated rings. The summed E-state index contributed by atoms with van der Waals surface area (Å²) >= 11 is 3.49. The molecule has 0 amide bonds. The number of hydrazone groups is 1. The van der Waals surface area contributed by atoms with Gasteiger partial charge in [-0.1, -0.05) is 20.8 Å². The molecule has 0 aliphatic carbocycles. The minimum absolute atomic E-state index is 0.403. The first kappa shape index (κ1) is 10.8. The molecule has 1 atom stereocenters. The molecule has 0 aromatic rings. The minimum atomic E-state index is 0.403. The highest BCUT2D eigenvalue weighted by atomic mass is 79.9. The standard InChI is InChI=1S/C9H18BrN3/c1-4-5-13-9(6-8(2)3)12(10)7-11-13/h7-9H,4-6H2,1-3H3. The largest absolute Gasteiger partial charge is 0.274 e. The van der Waals surface area contributed by atoms with Gasteiger partial charge in [-0.05, 0) is 18.8 Å². The van der Waals surface area contributed by atoms with E-state index in [9.17, 15) is 0 Å². The molecule has 1 rings (SSSR count). The van der Waals surface area contributed by atoms with Crippen molar-refractivity contribution in [2.45, 2.75) is 39.8 Å². The summed E-state index contributed by atoms with van der Waals surface area (Å²) in [5.74, 6) is 0.700. The highest BCUT2D eigenvalue weighted by molar-refractivity contribution is 9.07. The first-order chi connectivity index (χ1) is 6.15. The van der Waals surface area contributed by atoms with Crippen LogP contribution in [0.2, 0.25) is 0 Å². The monoisotopic (exact) mass is 247 g/mol. The Morgan fingerprint density at radius 2 is 2.23 bits per heavy atom. The van der Waals surface area contributed by atoms with Crippen molar-refractivity contribution in [3.8, 4) is 0 Å². The zero-order chi connectivity index (χ0) is 9.84. The maximum atomic E-state index is 4.33. The van der Waals surface area contributed by atoms with Gasteiger partial charge in [0.15, 0.2) is 0 Å². The van der Waals surface area contributed by atoms with E-state index in [-0.39, 0.29) is 0 Å². The van der Waals surface area contributed by atoms with Gasteiger partial charge in [0, 0.05) is 6.54 Å². The van der Waals surface area contributed by atoms with Gasteiger partial charge in [0.2, 0.25) is 0 Å². The molecule has 76 valence electrons. The average molecular weight is 248 g/mol. The van der Waals surface area contributed by atoms with E-state index in [2.05, 4.69) is 47.0 Å². The van der Waals surface area contributed by atoms with E-state index in [0.29, 0.717) is 12.1 Å². The maximum Gasteiger partial charge on any atom is 0.130 e. The third-order valence-electron chi connectivity index (χ3n) is 2.07. The minimum Gasteiger partial charge on any atom is -0.274 e. The zero-order valence-electron chi connectivity index (χ0n) is 8.57. The third-order valence-corrected chi connectivity index (χ3v) is 2.73. The van der Waals surface area contributed by atoms with Gasteiger partial charge in [0.05, 0.1) is 16.1 Å². The molecule has 1 aliphatic heterocycles. The van der Waals surface area contributed by atoms with Crippen molar-refractivity contribution in [2.75, 3.05) is 6.54 Å². The van der Waals surface area contributed by atoms with Crippen LogP contribution in [-0.2, 0) is 0 Å². The van der Waals surface area contributed by atoms with Gasteiger partial charge in [-0.15, -0.1) is 0 Å². The molecule has 4 heteroatoms. The highest BCUT2D eigenvalue weighted by Crippen LogP contribution is 2.22. The van der Waals surface area contributed by atoms with Crippen molar-refractivity contribution in [3.05, 3.63) is 0 Å². The van der Waals surface area contributed by atoms with Gasteiger partial charge in [-0.3, -0.25) is 8.93 Å². The Balaban J connectivity index is 2.48. The molecule has 1 aliphatic rings. The first-order valence-electron chi connectivity index (χ1n) is 4.90. The van der Waals surface area contributed by atoms with Crippen LogP contribution < -0.4 is 0 Å². The summed E-state index contributed by atoms with van der Waals surface area (Å²) < 4.78 is 2.02. The van der Waals surface area contributed by atoms with Gasteiger partial charge in [0.25, 0.3) is 0 Å². The average Bonchev–Trinajstić information content (AvgIpc) is 2.36. The fourth-order valence-electron chi connectivity index (χ4n) is 1.48. The molecule has 0 saturated heterocycles. The molecule has 3 nitrogen and oxygen atoms in total. The topological polar surface area (TPSA) is 18.8 Å². The Morgan fingerprint density at radius 1 is 1.54 bits per heavy atom. The SMILES string of the molecule is CCCN1N=CN(Br)C1CC(C)C. The fraction of sp³-hybridized carbons (Fsp3) is 0.889. The van der Waals surface area contributed by atoms with Crippen LogP contribution in [0.4, 0.5) is 0 Å². The van der Waals surface area contributed by atoms with E-state index in [0.717, 1.165) is 19.4 Å². The van der Waals surface area contributed by atoms with Crippen LogP contribution in [0.25, 0.3) is 0 Å². The summed E-state index contributed by atoms with van der Waals surface area (Å²) in [5.41, 5.74) is 0. The number of hydrogen-bond donors (Lipinski definition) is 0. The second kappa shape index (κ2) is 4.84. The third kappa shape index (κ3) is 2.86. The van der Waals surface area contributed by atoms with Crippen LogP contribution in [-0.4, -0.2) is 28.0 Å². The molecule has 0 aromatic carbocycles. The normalized spacial score (nSPS) is 22.1. The quantitative estimate of drug-likeness (QED) is 0.712. The second-order valence-electron chi connectivity index (χ2n) is 3.85. The van der Waals surface area contributed by atoms with Crippen LogP contribution in [0.15, 0.2) is 5.10 Å². The van der Waals surface area contributed by atoms with Gasteiger partial charge in [0.1, 0.15) is 12.5 Å². The van der Waals surface area contributed by atoms with Crippen molar-refractivity contribution in [1.82, 2.24) is 8.93 Å². The Morgan fingerprint density at radius 3 is 2.77 bits per heavy atom. The molecule has 13 heavy (non-hydrogen) atoms. The van der Waals surface area contributed by atoms with Crippen molar-refractivity contribution in [3.63, 3.8) is 0 Å². The lowest BCUT2D eigenvalue weighted by Crippen LogP contribution is -2.36. The van der Waals surface area contributed by atoms with Gasteiger partial charge >= 0.3 is 0 Å². The molecule has 0 aromatic heterocycles. The summed E-state index contributed by atoms with van der Waals surface area (Å²) in [5, 5.41) is 6.48. The molecule has 1 unspecified atom stereocenters. The van der Waals surface area contributed by atoms with Crippen LogP contribution >= 0.6 is 16.1 Å². The Bertz CT molecular complexity index is 182. The van der Waals surface area contributed by atoms with Crippen molar-refractivity contribution >= 4 is 22.5 Å². The van der Waals surface area contributed by atoms with Crippen molar-refractivity contribution < 1.29 is 0 Å². The summed E-state index contributed by atoms with van der Waals surface area (Å²) in [7, 11) is 0. The lowest BCUT2D eigenvalue weighted by molar-refractivity contribution is 0.158. The highest BCUT2D eigenvalue weighted by Gasteiger charge is 2.26. The first-order valence-corrected chi connectivity index (χ1v) is 5.61. The number of rotatable bonds is 4. The lowest BCUT2D eigenvalue weighted by atomic mass is 10.1. The summed E-state index contributed by atoms with van der Waals surface area (Å²) in [6, 6.07) is 0. The van der Waals surface area contributed by atoms with E-state index < -0.39 is 0 Å². The Hall–Kier alpha value is -0.250. The fourth-order valence-corrected chi connectivity index (χ4v) is 1.94. The predicted molar refractivity (Wildman–Crippen MR) is 59.5 cm³/mol. The number of hydrogen-bond acceptors (Lipinski definition) is 3.